The van der Waals surface area contributed by atoms with Crippen molar-refractivity contribution in [1.29, 1.82) is 0 Å². The number of hydrogen-bond donors (Lipinski definition) is 1. The average Bonchev–Trinajstić information content (AvgIpc) is 2.60. The lowest BCUT2D eigenvalue weighted by molar-refractivity contribution is 0.943. The summed E-state index contributed by atoms with van der Waals surface area (Å²) < 4.78 is 2.56. The molecule has 15 heavy (non-hydrogen) atoms. The van der Waals surface area contributed by atoms with E-state index >= 15 is 0 Å². The van der Waals surface area contributed by atoms with E-state index in [1.54, 1.807) is 16.8 Å². The molecule has 0 saturated carbocycles. The molecule has 0 atom stereocenters. The van der Waals surface area contributed by atoms with Crippen LogP contribution in [0.2, 0.25) is 0 Å². The molecule has 5 nitrogen and oxygen atoms in total. The van der Waals surface area contributed by atoms with Crippen LogP contribution in [-0.4, -0.2) is 19.8 Å². The highest BCUT2D eigenvalue weighted by Gasteiger charge is 2.07. The third kappa shape index (κ3) is 1.18. The van der Waals surface area contributed by atoms with Gasteiger partial charge in [-0.1, -0.05) is 0 Å². The maximum atomic E-state index is 5.67. The molecule has 6 heteroatoms. The Hall–Kier alpha value is -1.69. The number of nitrogens with two attached hydrogens (primary N) is 1. The number of aromatic nitrogens is 4. The number of nitrogens with zero attached hydrogens (tertiary/aromatic N) is 4. The van der Waals surface area contributed by atoms with Crippen LogP contribution in [0.5, 0.6) is 0 Å². The first-order valence-electron chi connectivity index (χ1n) is 4.31. The molecule has 3 rings (SSSR count). The second kappa shape index (κ2) is 2.90. The number of anilines is 1. The Morgan fingerprint density at radius 1 is 1.27 bits per heavy atom. The fraction of sp³-hybridized carbons (Fsp3) is 0. The number of rotatable bonds is 0. The van der Waals surface area contributed by atoms with E-state index in [4.69, 9.17) is 5.73 Å². The summed E-state index contributed by atoms with van der Waals surface area (Å²) in [7, 11) is 0. The zero-order chi connectivity index (χ0) is 10.4. The molecule has 0 amide bonds. The van der Waals surface area contributed by atoms with Gasteiger partial charge < -0.3 is 5.73 Å². The van der Waals surface area contributed by atoms with Crippen LogP contribution in [-0.2, 0) is 0 Å². The number of fused-ring (bicyclic) bond motifs is 3. The first-order valence-corrected chi connectivity index (χ1v) is 5.10. The quantitative estimate of drug-likeness (QED) is 0.626. The zero-order valence-electron chi connectivity index (χ0n) is 7.55. The molecule has 0 saturated heterocycles. The maximum Gasteiger partial charge on any atom is 0.192 e. The lowest BCUT2D eigenvalue weighted by atomic mass is 10.3. The van der Waals surface area contributed by atoms with Crippen LogP contribution in [0, 0.1) is 0 Å². The molecule has 0 aliphatic rings. The molecule has 0 aliphatic carbocycles. The van der Waals surface area contributed by atoms with Crippen LogP contribution in [0.3, 0.4) is 0 Å². The second-order valence-corrected chi connectivity index (χ2v) is 4.03. The number of hydrogen-bond acceptors (Lipinski definition) is 4. The summed E-state index contributed by atoms with van der Waals surface area (Å²) in [5.74, 6) is 0. The van der Waals surface area contributed by atoms with Gasteiger partial charge in [-0.25, -0.2) is 4.52 Å². The first-order chi connectivity index (χ1) is 7.25. The highest BCUT2D eigenvalue weighted by molar-refractivity contribution is 9.10. The van der Waals surface area contributed by atoms with Gasteiger partial charge in [-0.3, -0.25) is 0 Å². The van der Waals surface area contributed by atoms with Gasteiger partial charge in [0.2, 0.25) is 0 Å². The SMILES string of the molecule is Nc1ccc2c(c1)nnc1c(Br)cnn12. The molecule has 0 unspecified atom stereocenters. The van der Waals surface area contributed by atoms with E-state index in [0.29, 0.717) is 11.3 Å². The predicted octanol–water partition coefficient (Wildman–Crippen LogP) is 1.62. The van der Waals surface area contributed by atoms with Gasteiger partial charge in [0.1, 0.15) is 5.52 Å². The Balaban J connectivity index is 2.55. The summed E-state index contributed by atoms with van der Waals surface area (Å²) in [4.78, 5) is 0. The molecule has 0 radical (unpaired) electrons. The van der Waals surface area contributed by atoms with E-state index in [9.17, 15) is 0 Å². The molecule has 0 bridgehead atoms. The van der Waals surface area contributed by atoms with Crippen molar-refractivity contribution in [1.82, 2.24) is 19.8 Å². The predicted molar refractivity (Wildman–Crippen MR) is 60.4 cm³/mol. The summed E-state index contributed by atoms with van der Waals surface area (Å²) in [6.07, 6.45) is 1.69. The highest BCUT2D eigenvalue weighted by atomic mass is 79.9. The van der Waals surface area contributed by atoms with Crippen molar-refractivity contribution in [2.24, 2.45) is 0 Å². The monoisotopic (exact) mass is 263 g/mol. The number of benzene rings is 1. The van der Waals surface area contributed by atoms with E-state index < -0.39 is 0 Å². The second-order valence-electron chi connectivity index (χ2n) is 3.18. The van der Waals surface area contributed by atoms with Gasteiger partial charge in [-0.2, -0.15) is 5.10 Å². The van der Waals surface area contributed by atoms with Crippen molar-refractivity contribution in [2.75, 3.05) is 5.73 Å². The van der Waals surface area contributed by atoms with Crippen molar-refractivity contribution in [3.8, 4) is 0 Å². The minimum atomic E-state index is 0.669. The molecule has 0 fully saturated rings. The number of nitrogen functional groups attached to an aromatic ring is 1. The third-order valence-corrected chi connectivity index (χ3v) is 2.74. The summed E-state index contributed by atoms with van der Waals surface area (Å²) in [6.45, 7) is 0. The Morgan fingerprint density at radius 3 is 3.00 bits per heavy atom. The summed E-state index contributed by atoms with van der Waals surface area (Å²) >= 11 is 3.36. The molecule has 2 heterocycles. The molecule has 2 N–H and O–H groups in total. The normalized spacial score (nSPS) is 11.3. The van der Waals surface area contributed by atoms with Crippen LogP contribution < -0.4 is 5.73 Å². The smallest absolute Gasteiger partial charge is 0.192 e. The van der Waals surface area contributed by atoms with Gasteiger partial charge in [0.25, 0.3) is 0 Å². The van der Waals surface area contributed by atoms with E-state index in [0.717, 1.165) is 15.5 Å². The molecular weight excluding hydrogens is 258 g/mol. The summed E-state index contributed by atoms with van der Waals surface area (Å²) in [5.41, 5.74) is 8.66. The van der Waals surface area contributed by atoms with Gasteiger partial charge in [0, 0.05) is 5.69 Å². The Kier molecular flexibility index (Phi) is 1.66. The minimum Gasteiger partial charge on any atom is -0.399 e. The highest BCUT2D eigenvalue weighted by Crippen LogP contribution is 2.20. The first kappa shape index (κ1) is 8.60. The van der Waals surface area contributed by atoms with Crippen molar-refractivity contribution < 1.29 is 0 Å². The Labute approximate surface area is 93.0 Å². The van der Waals surface area contributed by atoms with Crippen LogP contribution in [0.1, 0.15) is 0 Å². The third-order valence-electron chi connectivity index (χ3n) is 2.18. The fourth-order valence-corrected chi connectivity index (χ4v) is 1.83. The maximum absolute atomic E-state index is 5.67. The van der Waals surface area contributed by atoms with Gasteiger partial charge in [0.05, 0.1) is 16.2 Å². The molecule has 1 aromatic carbocycles. The molecular formula is C9H6BrN5. The van der Waals surface area contributed by atoms with Crippen LogP contribution in [0.25, 0.3) is 16.7 Å². The van der Waals surface area contributed by atoms with E-state index in [1.807, 2.05) is 12.1 Å². The molecule has 0 spiro atoms. The van der Waals surface area contributed by atoms with E-state index in [2.05, 4.69) is 31.2 Å². The lowest BCUT2D eigenvalue weighted by Crippen LogP contribution is -1.97. The largest absolute Gasteiger partial charge is 0.399 e. The van der Waals surface area contributed by atoms with Crippen molar-refractivity contribution in [3.63, 3.8) is 0 Å². The van der Waals surface area contributed by atoms with Crippen LogP contribution >= 0.6 is 15.9 Å². The number of halogens is 1. The molecule has 0 aliphatic heterocycles. The fourth-order valence-electron chi connectivity index (χ4n) is 1.49. The van der Waals surface area contributed by atoms with Crippen molar-refractivity contribution in [2.45, 2.75) is 0 Å². The van der Waals surface area contributed by atoms with Gasteiger partial charge in [-0.15, -0.1) is 10.2 Å². The van der Waals surface area contributed by atoms with Crippen LogP contribution in [0.4, 0.5) is 5.69 Å². The standard InChI is InChI=1S/C9H6BrN5/c10-6-4-12-15-8-2-1-5(11)3-7(8)13-14-9(6)15/h1-4H,11H2. The topological polar surface area (TPSA) is 69.1 Å². The minimum absolute atomic E-state index is 0.669. The van der Waals surface area contributed by atoms with Crippen LogP contribution in [0.15, 0.2) is 28.9 Å². The Morgan fingerprint density at radius 2 is 2.13 bits per heavy atom. The lowest BCUT2D eigenvalue weighted by Gasteiger charge is -2.00. The average molecular weight is 264 g/mol. The molecule has 3 aromatic rings. The summed E-state index contributed by atoms with van der Waals surface area (Å²) in [5, 5.41) is 12.3. The van der Waals surface area contributed by atoms with Gasteiger partial charge in [0.15, 0.2) is 5.65 Å². The van der Waals surface area contributed by atoms with Crippen molar-refractivity contribution in [3.05, 3.63) is 28.9 Å². The summed E-state index contributed by atoms with van der Waals surface area (Å²) in [6, 6.07) is 5.47. The molecule has 74 valence electrons. The van der Waals surface area contributed by atoms with Gasteiger partial charge in [-0.05, 0) is 34.1 Å². The van der Waals surface area contributed by atoms with E-state index in [1.165, 1.54) is 0 Å². The van der Waals surface area contributed by atoms with E-state index in [-0.39, 0.29) is 0 Å². The molecule has 2 aromatic heterocycles. The Bertz CT molecular complexity index is 660. The van der Waals surface area contributed by atoms with Crippen molar-refractivity contribution >= 4 is 38.3 Å². The zero-order valence-corrected chi connectivity index (χ0v) is 9.14. The van der Waals surface area contributed by atoms with Gasteiger partial charge >= 0.3 is 0 Å².